The number of carboxylic acid groups (broad SMARTS) is 1. The fourth-order valence-electron chi connectivity index (χ4n) is 3.04. The molecule has 0 amide bonds. The normalized spacial score (nSPS) is 9.76. The third-order valence-electron chi connectivity index (χ3n) is 4.44. The van der Waals surface area contributed by atoms with Gasteiger partial charge >= 0.3 is 0 Å². The standard InChI is InChI=1S/C23H18N2O3.C2H4O2.Mn/c1-28-22-14-4-8-16(23(22)27)18-10-6-12-20(25-18)19-11-5-9-17(24-19)15-7-2-3-13-21(15)26;1-2(3)4;/h2-14,26-27H,1H3;1H3,(H,3,4);. The number of phenols is 2. The summed E-state index contributed by atoms with van der Waals surface area (Å²) in [5.41, 5.74) is 3.85. The number of aromatic hydroxyl groups is 2. The van der Waals surface area contributed by atoms with E-state index in [1.165, 1.54) is 7.11 Å². The zero-order chi connectivity index (χ0) is 23.1. The summed E-state index contributed by atoms with van der Waals surface area (Å²) in [6.45, 7) is 1.08. The molecular weight excluding hydrogens is 463 g/mol. The van der Waals surface area contributed by atoms with Crippen LogP contribution in [0.25, 0.3) is 33.9 Å². The van der Waals surface area contributed by atoms with Crippen molar-refractivity contribution in [2.45, 2.75) is 6.92 Å². The molecule has 4 rings (SSSR count). The number of carboxylic acids is 1. The summed E-state index contributed by atoms with van der Waals surface area (Å²) >= 11 is 0. The van der Waals surface area contributed by atoms with Crippen molar-refractivity contribution in [1.82, 2.24) is 9.97 Å². The van der Waals surface area contributed by atoms with Crippen LogP contribution in [0.2, 0.25) is 0 Å². The number of para-hydroxylation sites is 2. The van der Waals surface area contributed by atoms with Crippen LogP contribution < -0.4 is 4.74 Å². The molecule has 8 heteroatoms. The average Bonchev–Trinajstić information content (AvgIpc) is 2.79. The Hall–Kier alpha value is -3.87. The first-order chi connectivity index (χ1) is 15.4. The van der Waals surface area contributed by atoms with Crippen LogP contribution in [-0.4, -0.2) is 38.4 Å². The van der Waals surface area contributed by atoms with Crippen LogP contribution in [0.5, 0.6) is 17.2 Å². The maximum absolute atomic E-state index is 10.4. The van der Waals surface area contributed by atoms with Crippen molar-refractivity contribution in [3.8, 4) is 51.2 Å². The van der Waals surface area contributed by atoms with Crippen molar-refractivity contribution in [1.29, 1.82) is 0 Å². The number of nitrogens with zero attached hydrogens (tertiary/aromatic N) is 2. The molecule has 1 radical (unpaired) electrons. The number of phenolic OH excluding ortho intramolecular Hbond substituents is 2. The second-order valence-corrected chi connectivity index (χ2v) is 6.71. The molecule has 0 bridgehead atoms. The Morgan fingerprint density at radius 1 is 0.727 bits per heavy atom. The summed E-state index contributed by atoms with van der Waals surface area (Å²) in [6, 6.07) is 23.5. The number of pyridine rings is 2. The number of hydrogen-bond donors (Lipinski definition) is 3. The van der Waals surface area contributed by atoms with Crippen molar-refractivity contribution in [3.05, 3.63) is 78.9 Å². The molecule has 3 N–H and O–H groups in total. The number of benzene rings is 2. The first-order valence-electron chi connectivity index (χ1n) is 9.69. The number of rotatable bonds is 4. The van der Waals surface area contributed by atoms with E-state index in [0.717, 1.165) is 6.92 Å². The Labute approximate surface area is 201 Å². The zero-order valence-corrected chi connectivity index (χ0v) is 19.1. The van der Waals surface area contributed by atoms with Crippen molar-refractivity contribution >= 4 is 5.97 Å². The SMILES string of the molecule is CC(=O)O.COc1cccc(-c2cccc(-c3cccc(-c4ccccc4O)n3)n2)c1O.[Mn]. The van der Waals surface area contributed by atoms with Gasteiger partial charge in [-0.3, -0.25) is 4.79 Å². The maximum Gasteiger partial charge on any atom is 0.300 e. The molecule has 4 aromatic rings. The molecule has 7 nitrogen and oxygen atoms in total. The fraction of sp³-hybridized carbons (Fsp3) is 0.0800. The van der Waals surface area contributed by atoms with Gasteiger partial charge in [-0.15, -0.1) is 0 Å². The van der Waals surface area contributed by atoms with Gasteiger partial charge in [-0.1, -0.05) is 30.3 Å². The Kier molecular flexibility index (Phi) is 8.97. The van der Waals surface area contributed by atoms with Gasteiger partial charge in [0.2, 0.25) is 0 Å². The molecule has 0 aliphatic rings. The Balaban J connectivity index is 0.000000714. The van der Waals surface area contributed by atoms with Crippen LogP contribution in [0, 0.1) is 0 Å². The molecule has 33 heavy (non-hydrogen) atoms. The molecule has 0 saturated carbocycles. The van der Waals surface area contributed by atoms with Gasteiger partial charge in [0.1, 0.15) is 5.75 Å². The van der Waals surface area contributed by atoms with Gasteiger partial charge in [0, 0.05) is 35.1 Å². The molecule has 0 aliphatic heterocycles. The molecule has 0 aliphatic carbocycles. The smallest absolute Gasteiger partial charge is 0.300 e. The Morgan fingerprint density at radius 3 is 1.73 bits per heavy atom. The van der Waals surface area contributed by atoms with Gasteiger partial charge in [-0.25, -0.2) is 9.97 Å². The van der Waals surface area contributed by atoms with Gasteiger partial charge in [0.25, 0.3) is 5.97 Å². The maximum atomic E-state index is 10.4. The molecule has 169 valence electrons. The van der Waals surface area contributed by atoms with E-state index in [2.05, 4.69) is 9.97 Å². The first kappa shape index (κ1) is 25.4. The minimum absolute atomic E-state index is 0. The molecule has 2 aromatic carbocycles. The van der Waals surface area contributed by atoms with Gasteiger partial charge in [-0.2, -0.15) is 0 Å². The van der Waals surface area contributed by atoms with E-state index in [-0.39, 0.29) is 28.6 Å². The summed E-state index contributed by atoms with van der Waals surface area (Å²) < 4.78 is 5.18. The minimum atomic E-state index is -0.833. The van der Waals surface area contributed by atoms with Crippen LogP contribution in [0.4, 0.5) is 0 Å². The zero-order valence-electron chi connectivity index (χ0n) is 17.9. The topological polar surface area (TPSA) is 113 Å². The van der Waals surface area contributed by atoms with Gasteiger partial charge < -0.3 is 20.1 Å². The molecule has 0 saturated heterocycles. The molecule has 0 atom stereocenters. The molecule has 0 fully saturated rings. The van der Waals surface area contributed by atoms with Crippen LogP contribution in [0.1, 0.15) is 6.92 Å². The van der Waals surface area contributed by atoms with Crippen molar-refractivity contribution in [2.75, 3.05) is 7.11 Å². The van der Waals surface area contributed by atoms with Gasteiger partial charge in [-0.05, 0) is 48.5 Å². The monoisotopic (exact) mass is 485 g/mol. The third kappa shape index (κ3) is 6.32. The predicted octanol–water partition coefficient (Wildman–Crippen LogP) is 4.99. The molecule has 2 heterocycles. The molecule has 0 unspecified atom stereocenters. The van der Waals surface area contributed by atoms with Crippen LogP contribution >= 0.6 is 0 Å². The van der Waals surface area contributed by atoms with Gasteiger partial charge in [0.15, 0.2) is 11.5 Å². The number of aliphatic carboxylic acids is 1. The molecule has 0 spiro atoms. The Bertz CT molecular complexity index is 1240. The number of ether oxygens (including phenoxy) is 1. The summed E-state index contributed by atoms with van der Waals surface area (Å²) in [7, 11) is 1.51. The third-order valence-corrected chi connectivity index (χ3v) is 4.44. The first-order valence-corrected chi connectivity index (χ1v) is 9.69. The van der Waals surface area contributed by atoms with E-state index in [4.69, 9.17) is 14.6 Å². The van der Waals surface area contributed by atoms with Crippen LogP contribution in [0.3, 0.4) is 0 Å². The molecule has 2 aromatic heterocycles. The quantitative estimate of drug-likeness (QED) is 0.349. The van der Waals surface area contributed by atoms with Crippen LogP contribution in [-0.2, 0) is 21.9 Å². The minimum Gasteiger partial charge on any atom is -0.507 e. The second kappa shape index (κ2) is 11.7. The number of aromatic nitrogens is 2. The summed E-state index contributed by atoms with van der Waals surface area (Å²) in [5.74, 6) is -0.217. The summed E-state index contributed by atoms with van der Waals surface area (Å²) in [6.07, 6.45) is 0. The van der Waals surface area contributed by atoms with E-state index in [9.17, 15) is 10.2 Å². The summed E-state index contributed by atoms with van der Waals surface area (Å²) in [5, 5.41) is 27.9. The predicted molar refractivity (Wildman–Crippen MR) is 122 cm³/mol. The number of hydrogen-bond acceptors (Lipinski definition) is 6. The number of carbonyl (C=O) groups is 1. The van der Waals surface area contributed by atoms with Crippen molar-refractivity contribution < 1.29 is 41.9 Å². The average molecular weight is 485 g/mol. The van der Waals surface area contributed by atoms with Crippen LogP contribution in [0.15, 0.2) is 78.9 Å². The van der Waals surface area contributed by atoms with Gasteiger partial charge in [0.05, 0.1) is 29.9 Å². The fourth-order valence-corrected chi connectivity index (χ4v) is 3.04. The van der Waals surface area contributed by atoms with Crippen molar-refractivity contribution in [2.24, 2.45) is 0 Å². The van der Waals surface area contributed by atoms with E-state index < -0.39 is 5.97 Å². The van der Waals surface area contributed by atoms with E-state index >= 15 is 0 Å². The summed E-state index contributed by atoms with van der Waals surface area (Å²) in [4.78, 5) is 18.3. The Morgan fingerprint density at radius 2 is 1.18 bits per heavy atom. The second-order valence-electron chi connectivity index (χ2n) is 6.71. The van der Waals surface area contributed by atoms with E-state index in [1.54, 1.807) is 30.3 Å². The number of methoxy groups -OCH3 is 1. The largest absolute Gasteiger partial charge is 0.507 e. The van der Waals surface area contributed by atoms with E-state index in [0.29, 0.717) is 39.7 Å². The van der Waals surface area contributed by atoms with Crippen molar-refractivity contribution in [3.63, 3.8) is 0 Å². The van der Waals surface area contributed by atoms with E-state index in [1.807, 2.05) is 48.5 Å². The molecular formula is C25H22MnN2O5.